The van der Waals surface area contributed by atoms with E-state index in [1.54, 1.807) is 0 Å². The Hall–Kier alpha value is -2.92. The molecule has 0 spiro atoms. The van der Waals surface area contributed by atoms with Gasteiger partial charge in [-0.25, -0.2) is 9.97 Å². The van der Waals surface area contributed by atoms with Crippen molar-refractivity contribution in [1.29, 1.82) is 5.26 Å². The third-order valence-electron chi connectivity index (χ3n) is 5.94. The smallest absolute Gasteiger partial charge is 0.222 e. The molecule has 8 heteroatoms. The number of imidazole rings is 1. The number of H-pyrrole nitrogens is 1. The lowest BCUT2D eigenvalue weighted by atomic mass is 10.0. The van der Waals surface area contributed by atoms with Gasteiger partial charge in [0.15, 0.2) is 0 Å². The van der Waals surface area contributed by atoms with Gasteiger partial charge >= 0.3 is 0 Å². The number of nitriles is 1. The summed E-state index contributed by atoms with van der Waals surface area (Å²) in [7, 11) is 0. The number of hydrogen-bond donors (Lipinski definition) is 2. The van der Waals surface area contributed by atoms with E-state index >= 15 is 0 Å². The van der Waals surface area contributed by atoms with Gasteiger partial charge < -0.3 is 19.8 Å². The highest BCUT2D eigenvalue weighted by molar-refractivity contribution is 6.01. The summed E-state index contributed by atoms with van der Waals surface area (Å²) in [5.74, 6) is 1.04. The van der Waals surface area contributed by atoms with Crippen molar-refractivity contribution in [3.05, 3.63) is 24.3 Å². The molecule has 0 aliphatic carbocycles. The van der Waals surface area contributed by atoms with Crippen LogP contribution in [0.15, 0.2) is 18.5 Å². The van der Waals surface area contributed by atoms with Crippen LogP contribution in [0.3, 0.4) is 0 Å². The van der Waals surface area contributed by atoms with Crippen LogP contribution in [0.5, 0.6) is 0 Å². The van der Waals surface area contributed by atoms with E-state index in [-0.39, 0.29) is 11.8 Å². The highest BCUT2D eigenvalue weighted by Gasteiger charge is 2.25. The molecule has 2 N–H and O–H groups in total. The topological polar surface area (TPSA) is 103 Å². The summed E-state index contributed by atoms with van der Waals surface area (Å²) >= 11 is 0. The number of amides is 1. The Bertz CT molecular complexity index is 1070. The van der Waals surface area contributed by atoms with Crippen molar-refractivity contribution in [2.45, 2.75) is 45.6 Å². The van der Waals surface area contributed by atoms with Crippen molar-refractivity contribution in [1.82, 2.24) is 29.7 Å². The van der Waals surface area contributed by atoms with Gasteiger partial charge in [0.1, 0.15) is 17.0 Å². The quantitative estimate of drug-likeness (QED) is 0.627. The molecule has 4 heterocycles. The molecule has 0 atom stereocenters. The van der Waals surface area contributed by atoms with E-state index in [1.165, 1.54) is 0 Å². The number of hydrogen-bond acceptors (Lipinski definition) is 5. The fourth-order valence-corrected chi connectivity index (χ4v) is 4.32. The van der Waals surface area contributed by atoms with Gasteiger partial charge in [0, 0.05) is 62.6 Å². The van der Waals surface area contributed by atoms with Crippen LogP contribution in [-0.4, -0.2) is 56.5 Å². The van der Waals surface area contributed by atoms with Gasteiger partial charge in [-0.1, -0.05) is 13.8 Å². The molecule has 3 aromatic rings. The van der Waals surface area contributed by atoms with Crippen LogP contribution in [0.1, 0.15) is 45.0 Å². The first-order valence-corrected chi connectivity index (χ1v) is 10.8. The van der Waals surface area contributed by atoms with E-state index < -0.39 is 0 Å². The SMILES string of the molecule is CC(C)C(=O)NCCc1nc2cnc3[nH]ccc3c2n1C1CCN(CCC#N)CC1. The standard InChI is InChI=1S/C22H29N7O/c1-15(2)22(30)25-10-5-19-27-18-14-26-21-17(4-9-24-21)20(18)29(19)16-6-12-28(13-7-16)11-3-8-23/h4,9,14-16H,3,5-7,10-13H2,1-2H3,(H,24,26)(H,25,30). The van der Waals surface area contributed by atoms with Crippen LogP contribution in [0, 0.1) is 17.2 Å². The minimum atomic E-state index is -0.0229. The summed E-state index contributed by atoms with van der Waals surface area (Å²) in [5.41, 5.74) is 2.90. The summed E-state index contributed by atoms with van der Waals surface area (Å²) in [4.78, 5) is 27.0. The van der Waals surface area contributed by atoms with E-state index in [2.05, 4.69) is 36.9 Å². The molecule has 3 aromatic heterocycles. The number of aromatic nitrogens is 4. The minimum Gasteiger partial charge on any atom is -0.355 e. The first kappa shape index (κ1) is 20.4. The second kappa shape index (κ2) is 8.84. The van der Waals surface area contributed by atoms with E-state index in [9.17, 15) is 4.79 Å². The highest BCUT2D eigenvalue weighted by Crippen LogP contribution is 2.32. The lowest BCUT2D eigenvalue weighted by molar-refractivity contribution is -0.123. The van der Waals surface area contributed by atoms with E-state index in [0.29, 0.717) is 25.4 Å². The third-order valence-corrected chi connectivity index (χ3v) is 5.94. The van der Waals surface area contributed by atoms with Crippen LogP contribution in [0.25, 0.3) is 22.1 Å². The summed E-state index contributed by atoms with van der Waals surface area (Å²) in [6, 6.07) is 4.66. The molecule has 0 saturated carbocycles. The van der Waals surface area contributed by atoms with Gasteiger partial charge in [0.25, 0.3) is 0 Å². The van der Waals surface area contributed by atoms with E-state index in [4.69, 9.17) is 10.2 Å². The molecule has 4 rings (SSSR count). The van der Waals surface area contributed by atoms with Crippen LogP contribution in [0.4, 0.5) is 0 Å². The maximum absolute atomic E-state index is 12.0. The zero-order valence-corrected chi connectivity index (χ0v) is 17.7. The average Bonchev–Trinajstić information content (AvgIpc) is 3.36. The molecule has 158 valence electrons. The van der Waals surface area contributed by atoms with Crippen molar-refractivity contribution in [3.63, 3.8) is 0 Å². The summed E-state index contributed by atoms with van der Waals surface area (Å²) in [6.07, 6.45) is 7.07. The van der Waals surface area contributed by atoms with Crippen LogP contribution < -0.4 is 5.32 Å². The summed E-state index contributed by atoms with van der Waals surface area (Å²) < 4.78 is 2.39. The number of rotatable bonds is 7. The number of likely N-dealkylation sites (tertiary alicyclic amines) is 1. The molecular weight excluding hydrogens is 378 g/mol. The van der Waals surface area contributed by atoms with Crippen LogP contribution in [0.2, 0.25) is 0 Å². The lowest BCUT2D eigenvalue weighted by Gasteiger charge is -2.33. The largest absolute Gasteiger partial charge is 0.355 e. The zero-order valence-electron chi connectivity index (χ0n) is 17.7. The first-order valence-electron chi connectivity index (χ1n) is 10.8. The molecule has 1 amide bonds. The monoisotopic (exact) mass is 407 g/mol. The molecule has 1 saturated heterocycles. The van der Waals surface area contributed by atoms with Gasteiger partial charge in [0.2, 0.25) is 5.91 Å². The molecule has 30 heavy (non-hydrogen) atoms. The molecule has 8 nitrogen and oxygen atoms in total. The Kier molecular flexibility index (Phi) is 6.00. The van der Waals surface area contributed by atoms with Gasteiger partial charge in [-0.2, -0.15) is 5.26 Å². The third kappa shape index (κ3) is 4.03. The highest BCUT2D eigenvalue weighted by atomic mass is 16.1. The molecule has 0 bridgehead atoms. The summed E-state index contributed by atoms with van der Waals surface area (Å²) in [5, 5.41) is 13.0. The maximum Gasteiger partial charge on any atom is 0.222 e. The number of nitrogens with zero attached hydrogens (tertiary/aromatic N) is 5. The van der Waals surface area contributed by atoms with Gasteiger partial charge in [-0.15, -0.1) is 0 Å². The van der Waals surface area contributed by atoms with Crippen molar-refractivity contribution < 1.29 is 4.79 Å². The Morgan fingerprint density at radius 2 is 2.20 bits per heavy atom. The predicted molar refractivity (Wildman–Crippen MR) is 116 cm³/mol. The van der Waals surface area contributed by atoms with Gasteiger partial charge in [-0.3, -0.25) is 4.79 Å². The predicted octanol–water partition coefficient (Wildman–Crippen LogP) is 2.78. The first-order chi connectivity index (χ1) is 14.6. The number of nitrogens with one attached hydrogen (secondary N) is 2. The second-order valence-electron chi connectivity index (χ2n) is 8.31. The molecule has 1 aliphatic rings. The minimum absolute atomic E-state index is 0.0229. The Labute approximate surface area is 176 Å². The number of piperidine rings is 1. The van der Waals surface area contributed by atoms with Crippen LogP contribution in [-0.2, 0) is 11.2 Å². The van der Waals surface area contributed by atoms with Gasteiger partial charge in [-0.05, 0) is 18.9 Å². The number of carbonyl (C=O) groups is 1. The number of carbonyl (C=O) groups excluding carboxylic acids is 1. The van der Waals surface area contributed by atoms with Gasteiger partial charge in [0.05, 0.1) is 17.8 Å². The fraction of sp³-hybridized carbons (Fsp3) is 0.545. The van der Waals surface area contributed by atoms with E-state index in [1.807, 2.05) is 26.2 Å². The molecular formula is C22H29N7O. The molecule has 1 aliphatic heterocycles. The van der Waals surface area contributed by atoms with Crippen molar-refractivity contribution in [2.24, 2.45) is 5.92 Å². The van der Waals surface area contributed by atoms with Crippen molar-refractivity contribution in [3.8, 4) is 6.07 Å². The maximum atomic E-state index is 12.0. The Morgan fingerprint density at radius 3 is 2.93 bits per heavy atom. The Morgan fingerprint density at radius 1 is 1.40 bits per heavy atom. The van der Waals surface area contributed by atoms with E-state index in [0.717, 1.165) is 60.4 Å². The number of fused-ring (bicyclic) bond motifs is 3. The fourth-order valence-electron chi connectivity index (χ4n) is 4.32. The Balaban J connectivity index is 1.62. The lowest BCUT2D eigenvalue weighted by Crippen LogP contribution is -2.36. The normalized spacial score (nSPS) is 15.8. The van der Waals surface area contributed by atoms with Crippen molar-refractivity contribution >= 4 is 28.0 Å². The summed E-state index contributed by atoms with van der Waals surface area (Å²) in [6.45, 7) is 7.19. The number of aromatic amines is 1. The molecule has 1 fully saturated rings. The second-order valence-corrected chi connectivity index (χ2v) is 8.31. The van der Waals surface area contributed by atoms with Crippen molar-refractivity contribution in [2.75, 3.05) is 26.2 Å². The number of pyridine rings is 1. The zero-order chi connectivity index (χ0) is 21.1. The average molecular weight is 408 g/mol. The molecule has 0 aromatic carbocycles. The van der Waals surface area contributed by atoms with Crippen LogP contribution >= 0.6 is 0 Å². The molecule has 0 radical (unpaired) electrons. The molecule has 0 unspecified atom stereocenters.